The van der Waals surface area contributed by atoms with Crippen LogP contribution in [-0.2, 0) is 6.42 Å². The SMILES string of the molecule is N#Cc1ccc(C(Cl)Cc2ccccc2)cc1. The van der Waals surface area contributed by atoms with Crippen molar-refractivity contribution in [3.63, 3.8) is 0 Å². The highest BCUT2D eigenvalue weighted by Gasteiger charge is 2.08. The Balaban J connectivity index is 2.10. The third-order valence-corrected chi connectivity index (χ3v) is 3.07. The minimum absolute atomic E-state index is 0.0508. The van der Waals surface area contributed by atoms with E-state index in [1.807, 2.05) is 30.3 Å². The maximum Gasteiger partial charge on any atom is 0.0991 e. The number of alkyl halides is 1. The van der Waals surface area contributed by atoms with Crippen LogP contribution in [0.4, 0.5) is 0 Å². The van der Waals surface area contributed by atoms with Crippen molar-refractivity contribution in [3.8, 4) is 6.07 Å². The van der Waals surface area contributed by atoms with Crippen LogP contribution in [0.3, 0.4) is 0 Å². The number of hydrogen-bond donors (Lipinski definition) is 0. The minimum atomic E-state index is -0.0508. The molecule has 2 aromatic carbocycles. The fourth-order valence-electron chi connectivity index (χ4n) is 1.71. The predicted octanol–water partition coefficient (Wildman–Crippen LogP) is 4.08. The summed E-state index contributed by atoms with van der Waals surface area (Å²) >= 11 is 6.35. The zero-order chi connectivity index (χ0) is 12.1. The first-order valence-electron chi connectivity index (χ1n) is 5.47. The molecule has 17 heavy (non-hydrogen) atoms. The van der Waals surface area contributed by atoms with Gasteiger partial charge in [0.2, 0.25) is 0 Å². The van der Waals surface area contributed by atoms with Crippen molar-refractivity contribution >= 4 is 11.6 Å². The quantitative estimate of drug-likeness (QED) is 0.743. The standard InChI is InChI=1S/C15H12ClN/c16-15(10-12-4-2-1-3-5-12)14-8-6-13(11-17)7-9-14/h1-9,15H,10H2. The van der Waals surface area contributed by atoms with Gasteiger partial charge in [-0.05, 0) is 29.7 Å². The zero-order valence-corrected chi connectivity index (χ0v) is 10.1. The second-order valence-corrected chi connectivity index (χ2v) is 4.42. The third kappa shape index (κ3) is 3.09. The van der Waals surface area contributed by atoms with Crippen LogP contribution in [0.1, 0.15) is 22.1 Å². The van der Waals surface area contributed by atoms with E-state index >= 15 is 0 Å². The maximum absolute atomic E-state index is 8.72. The molecule has 0 aliphatic heterocycles. The van der Waals surface area contributed by atoms with Crippen molar-refractivity contribution in [1.29, 1.82) is 5.26 Å². The normalized spacial score (nSPS) is 11.8. The van der Waals surface area contributed by atoms with Gasteiger partial charge in [0.1, 0.15) is 0 Å². The first-order valence-corrected chi connectivity index (χ1v) is 5.91. The molecule has 0 aliphatic carbocycles. The van der Waals surface area contributed by atoms with Gasteiger partial charge in [-0.1, -0.05) is 42.5 Å². The molecular formula is C15H12ClN. The topological polar surface area (TPSA) is 23.8 Å². The van der Waals surface area contributed by atoms with Crippen LogP contribution in [0.2, 0.25) is 0 Å². The van der Waals surface area contributed by atoms with Crippen LogP contribution in [0.25, 0.3) is 0 Å². The summed E-state index contributed by atoms with van der Waals surface area (Å²) in [5.41, 5.74) is 2.93. The Kier molecular flexibility index (Phi) is 3.80. The Morgan fingerprint density at radius 2 is 1.65 bits per heavy atom. The number of benzene rings is 2. The number of halogens is 1. The van der Waals surface area contributed by atoms with Crippen LogP contribution in [0.15, 0.2) is 54.6 Å². The van der Waals surface area contributed by atoms with E-state index in [4.69, 9.17) is 16.9 Å². The molecule has 84 valence electrons. The molecule has 1 atom stereocenters. The van der Waals surface area contributed by atoms with Crippen LogP contribution in [0, 0.1) is 11.3 Å². The van der Waals surface area contributed by atoms with Gasteiger partial charge in [0.25, 0.3) is 0 Å². The van der Waals surface area contributed by atoms with Crippen LogP contribution >= 0.6 is 11.6 Å². The largest absolute Gasteiger partial charge is 0.192 e. The number of nitriles is 1. The van der Waals surface area contributed by atoms with Crippen LogP contribution in [0.5, 0.6) is 0 Å². The summed E-state index contributed by atoms with van der Waals surface area (Å²) in [5, 5.41) is 8.67. The molecule has 0 bridgehead atoms. The fourth-order valence-corrected chi connectivity index (χ4v) is 2.03. The molecular weight excluding hydrogens is 230 g/mol. The van der Waals surface area contributed by atoms with E-state index in [2.05, 4.69) is 18.2 Å². The Morgan fingerprint density at radius 1 is 1.00 bits per heavy atom. The smallest absolute Gasteiger partial charge is 0.0991 e. The van der Waals surface area contributed by atoms with Crippen LogP contribution < -0.4 is 0 Å². The van der Waals surface area contributed by atoms with Gasteiger partial charge in [-0.3, -0.25) is 0 Å². The summed E-state index contributed by atoms with van der Waals surface area (Å²) in [4.78, 5) is 0. The molecule has 2 rings (SSSR count). The van der Waals surface area contributed by atoms with Gasteiger partial charge in [0, 0.05) is 0 Å². The second-order valence-electron chi connectivity index (χ2n) is 3.89. The predicted molar refractivity (Wildman–Crippen MR) is 69.9 cm³/mol. The molecule has 1 unspecified atom stereocenters. The molecule has 2 heteroatoms. The van der Waals surface area contributed by atoms with Crippen molar-refractivity contribution in [3.05, 3.63) is 71.3 Å². The summed E-state index contributed by atoms with van der Waals surface area (Å²) in [6.07, 6.45) is 0.800. The summed E-state index contributed by atoms with van der Waals surface area (Å²) < 4.78 is 0. The van der Waals surface area contributed by atoms with Gasteiger partial charge in [-0.25, -0.2) is 0 Å². The van der Waals surface area contributed by atoms with E-state index in [0.717, 1.165) is 12.0 Å². The highest BCUT2D eigenvalue weighted by atomic mass is 35.5. The highest BCUT2D eigenvalue weighted by molar-refractivity contribution is 6.20. The molecule has 2 aromatic rings. The van der Waals surface area contributed by atoms with Gasteiger partial charge >= 0.3 is 0 Å². The Bertz CT molecular complexity index is 511. The van der Waals surface area contributed by atoms with Gasteiger partial charge < -0.3 is 0 Å². The molecule has 0 saturated carbocycles. The van der Waals surface area contributed by atoms with Crippen LogP contribution in [-0.4, -0.2) is 0 Å². The van der Waals surface area contributed by atoms with Crippen molar-refractivity contribution in [2.75, 3.05) is 0 Å². The molecule has 0 saturated heterocycles. The molecule has 0 radical (unpaired) electrons. The summed E-state index contributed by atoms with van der Waals surface area (Å²) in [6.45, 7) is 0. The first kappa shape index (κ1) is 11.7. The number of hydrogen-bond acceptors (Lipinski definition) is 1. The second kappa shape index (κ2) is 5.52. The van der Waals surface area contributed by atoms with Crippen molar-refractivity contribution in [2.24, 2.45) is 0 Å². The van der Waals surface area contributed by atoms with E-state index in [-0.39, 0.29) is 5.38 Å². The van der Waals surface area contributed by atoms with Crippen molar-refractivity contribution in [2.45, 2.75) is 11.8 Å². The lowest BCUT2D eigenvalue weighted by molar-refractivity contribution is 0.920. The lowest BCUT2D eigenvalue weighted by atomic mass is 10.0. The monoisotopic (exact) mass is 241 g/mol. The lowest BCUT2D eigenvalue weighted by Gasteiger charge is -2.09. The van der Waals surface area contributed by atoms with Crippen molar-refractivity contribution < 1.29 is 0 Å². The van der Waals surface area contributed by atoms with Gasteiger partial charge in [0.05, 0.1) is 17.0 Å². The minimum Gasteiger partial charge on any atom is -0.192 e. The Morgan fingerprint density at radius 3 is 2.24 bits per heavy atom. The zero-order valence-electron chi connectivity index (χ0n) is 9.31. The first-order chi connectivity index (χ1) is 8.29. The van der Waals surface area contributed by atoms with E-state index in [1.54, 1.807) is 12.1 Å². The molecule has 0 fully saturated rings. The fraction of sp³-hybridized carbons (Fsp3) is 0.133. The van der Waals surface area contributed by atoms with E-state index in [0.29, 0.717) is 5.56 Å². The lowest BCUT2D eigenvalue weighted by Crippen LogP contribution is -1.95. The molecule has 0 aromatic heterocycles. The molecule has 0 amide bonds. The molecule has 0 aliphatic rings. The van der Waals surface area contributed by atoms with Gasteiger partial charge in [-0.15, -0.1) is 11.6 Å². The van der Waals surface area contributed by atoms with Crippen molar-refractivity contribution in [1.82, 2.24) is 0 Å². The van der Waals surface area contributed by atoms with E-state index in [1.165, 1.54) is 5.56 Å². The number of nitrogens with zero attached hydrogens (tertiary/aromatic N) is 1. The molecule has 0 heterocycles. The third-order valence-electron chi connectivity index (χ3n) is 2.66. The summed E-state index contributed by atoms with van der Waals surface area (Å²) in [6, 6.07) is 19.7. The average Bonchev–Trinajstić information content (AvgIpc) is 2.40. The summed E-state index contributed by atoms with van der Waals surface area (Å²) in [7, 11) is 0. The van der Waals surface area contributed by atoms with E-state index < -0.39 is 0 Å². The van der Waals surface area contributed by atoms with Gasteiger partial charge in [-0.2, -0.15) is 5.26 Å². The highest BCUT2D eigenvalue weighted by Crippen LogP contribution is 2.25. The Hall–Kier alpha value is -1.78. The van der Waals surface area contributed by atoms with E-state index in [9.17, 15) is 0 Å². The summed E-state index contributed by atoms with van der Waals surface area (Å²) in [5.74, 6) is 0. The Labute approximate surface area is 106 Å². The molecule has 0 N–H and O–H groups in total. The van der Waals surface area contributed by atoms with Gasteiger partial charge in [0.15, 0.2) is 0 Å². The number of rotatable bonds is 3. The average molecular weight is 242 g/mol. The molecule has 0 spiro atoms. The maximum atomic E-state index is 8.72. The molecule has 1 nitrogen and oxygen atoms in total.